The molecule has 1 aliphatic carbocycles. The number of hydrogen-bond acceptors (Lipinski definition) is 6. The van der Waals surface area contributed by atoms with Crippen LogP contribution in [0, 0.1) is 11.8 Å². The van der Waals surface area contributed by atoms with E-state index in [9.17, 15) is 9.59 Å². The third-order valence-corrected chi connectivity index (χ3v) is 7.49. The van der Waals surface area contributed by atoms with Gasteiger partial charge in [-0.25, -0.2) is 10.4 Å². The average molecular weight is 484 g/mol. The van der Waals surface area contributed by atoms with Gasteiger partial charge in [-0.2, -0.15) is 5.53 Å². The summed E-state index contributed by atoms with van der Waals surface area (Å²) in [6.07, 6.45) is 2.59. The van der Waals surface area contributed by atoms with E-state index >= 15 is 0 Å². The fraction of sp³-hybridized carbons (Fsp3) is 0.440. The fourth-order valence-electron chi connectivity index (χ4n) is 5.35. The third-order valence-electron chi connectivity index (χ3n) is 7.24. The Hall–Kier alpha value is -2.65. The van der Waals surface area contributed by atoms with Gasteiger partial charge in [0.15, 0.2) is 0 Å². The minimum atomic E-state index is -0.228. The van der Waals surface area contributed by atoms with Crippen LogP contribution in [0.3, 0.4) is 0 Å². The Bertz CT molecular complexity index is 1030. The number of nitrogens with one attached hydrogen (secondary N) is 4. The second-order valence-electron chi connectivity index (χ2n) is 9.22. The normalized spacial score (nSPS) is 28.5. The van der Waals surface area contributed by atoms with Crippen LogP contribution < -0.4 is 26.3 Å². The summed E-state index contributed by atoms with van der Waals surface area (Å²) in [4.78, 5) is 25.9. The molecule has 1 saturated carbocycles. The van der Waals surface area contributed by atoms with Crippen LogP contribution in [-0.4, -0.2) is 42.7 Å². The molecule has 3 fully saturated rings. The van der Waals surface area contributed by atoms with E-state index in [0.29, 0.717) is 24.4 Å². The highest BCUT2D eigenvalue weighted by atomic mass is 35.5. The van der Waals surface area contributed by atoms with Crippen molar-refractivity contribution < 1.29 is 14.3 Å². The number of benzene rings is 2. The number of nitrogens with zero attached hydrogens (tertiary/aromatic N) is 1. The van der Waals surface area contributed by atoms with E-state index in [1.807, 2.05) is 48.5 Å². The van der Waals surface area contributed by atoms with Gasteiger partial charge in [-0.15, -0.1) is 0 Å². The third kappa shape index (κ3) is 4.63. The van der Waals surface area contributed by atoms with E-state index in [2.05, 4.69) is 26.6 Å². The standard InChI is InChI=1S/C25H30ClN5O3/c1-34-19-9-4-16(5-10-19)22-23-28-25(33)20-11-6-17(14-21(20)31(23)30-29-22)24(32)27-13-12-15-2-7-18(26)8-3-15/h2-5,7-10,17,20-23,29-30H,6,11-14H2,1H3,(H,27,32)(H,28,33). The quantitative estimate of drug-likeness (QED) is 0.504. The maximum absolute atomic E-state index is 13.0. The van der Waals surface area contributed by atoms with Crippen molar-refractivity contribution >= 4 is 23.4 Å². The molecule has 2 saturated heterocycles. The summed E-state index contributed by atoms with van der Waals surface area (Å²) in [5.74, 6) is 0.681. The Morgan fingerprint density at radius 1 is 1.15 bits per heavy atom. The number of ether oxygens (including phenoxy) is 1. The van der Waals surface area contributed by atoms with Crippen molar-refractivity contribution in [3.63, 3.8) is 0 Å². The molecule has 5 atom stereocenters. The van der Waals surface area contributed by atoms with Gasteiger partial charge in [0.25, 0.3) is 0 Å². The largest absolute Gasteiger partial charge is 0.497 e. The number of amides is 2. The van der Waals surface area contributed by atoms with E-state index < -0.39 is 0 Å². The van der Waals surface area contributed by atoms with E-state index in [1.165, 1.54) is 0 Å². The zero-order chi connectivity index (χ0) is 23.7. The average Bonchev–Trinajstić information content (AvgIpc) is 3.29. The first kappa shape index (κ1) is 23.1. The van der Waals surface area contributed by atoms with Crippen LogP contribution in [-0.2, 0) is 16.0 Å². The van der Waals surface area contributed by atoms with Crippen molar-refractivity contribution in [3.05, 3.63) is 64.7 Å². The first-order valence-electron chi connectivity index (χ1n) is 11.8. The van der Waals surface area contributed by atoms with Crippen LogP contribution in [0.4, 0.5) is 0 Å². The van der Waals surface area contributed by atoms with Crippen molar-refractivity contribution in [2.75, 3.05) is 13.7 Å². The van der Waals surface area contributed by atoms with Crippen molar-refractivity contribution in [3.8, 4) is 5.75 Å². The first-order chi connectivity index (χ1) is 16.5. The topological polar surface area (TPSA) is 94.7 Å². The summed E-state index contributed by atoms with van der Waals surface area (Å²) < 4.78 is 5.26. The Morgan fingerprint density at radius 2 is 1.91 bits per heavy atom. The molecule has 0 spiro atoms. The summed E-state index contributed by atoms with van der Waals surface area (Å²) in [5.41, 5.74) is 8.78. The van der Waals surface area contributed by atoms with Crippen molar-refractivity contribution in [1.29, 1.82) is 0 Å². The van der Waals surface area contributed by atoms with Gasteiger partial charge in [0.05, 0.1) is 19.1 Å². The zero-order valence-electron chi connectivity index (χ0n) is 19.1. The molecule has 2 aromatic rings. The number of methoxy groups -OCH3 is 1. The Labute approximate surface area is 204 Å². The fourth-order valence-corrected chi connectivity index (χ4v) is 5.47. The summed E-state index contributed by atoms with van der Waals surface area (Å²) >= 11 is 5.94. The van der Waals surface area contributed by atoms with E-state index in [0.717, 1.165) is 29.7 Å². The molecule has 8 nitrogen and oxygen atoms in total. The second kappa shape index (κ2) is 9.92. The molecule has 2 heterocycles. The van der Waals surface area contributed by atoms with Gasteiger partial charge in [0.1, 0.15) is 11.9 Å². The number of fused-ring (bicyclic) bond motifs is 3. The van der Waals surface area contributed by atoms with Gasteiger partial charge < -0.3 is 15.4 Å². The van der Waals surface area contributed by atoms with Gasteiger partial charge in [0, 0.05) is 23.5 Å². The number of hydrazine groups is 2. The number of halogens is 1. The molecular formula is C25H30ClN5O3. The maximum atomic E-state index is 13.0. The lowest BCUT2D eigenvalue weighted by Gasteiger charge is -2.46. The SMILES string of the molecule is COc1ccc(C2NNN3C4CC(C(=O)NCCc5ccc(Cl)cc5)CCC4C(=O)NC23)cc1. The lowest BCUT2D eigenvalue weighted by atomic mass is 9.75. The van der Waals surface area contributed by atoms with Crippen molar-refractivity contribution in [2.24, 2.45) is 11.8 Å². The van der Waals surface area contributed by atoms with Crippen molar-refractivity contribution in [1.82, 2.24) is 26.6 Å². The molecule has 5 unspecified atom stereocenters. The number of carbonyl (C=O) groups excluding carboxylic acids is 2. The summed E-state index contributed by atoms with van der Waals surface area (Å²) in [7, 11) is 1.64. The van der Waals surface area contributed by atoms with E-state index in [4.69, 9.17) is 16.3 Å². The minimum absolute atomic E-state index is 0.0461. The molecule has 0 bridgehead atoms. The number of hydrogen-bond donors (Lipinski definition) is 4. The monoisotopic (exact) mass is 483 g/mol. The Kier molecular flexibility index (Phi) is 6.74. The van der Waals surface area contributed by atoms with Gasteiger partial charge in [0.2, 0.25) is 11.8 Å². The van der Waals surface area contributed by atoms with Crippen LogP contribution >= 0.6 is 11.6 Å². The Balaban J connectivity index is 1.21. The van der Waals surface area contributed by atoms with Gasteiger partial charge in [-0.3, -0.25) is 9.59 Å². The predicted octanol–water partition coefficient (Wildman–Crippen LogP) is 2.31. The predicted molar refractivity (Wildman–Crippen MR) is 129 cm³/mol. The van der Waals surface area contributed by atoms with Crippen LogP contribution in [0.2, 0.25) is 5.02 Å². The molecule has 180 valence electrons. The number of rotatable bonds is 6. The van der Waals surface area contributed by atoms with E-state index in [-0.39, 0.29) is 41.9 Å². The summed E-state index contributed by atoms with van der Waals surface area (Å²) in [6, 6.07) is 15.4. The molecule has 5 rings (SSSR count). The molecule has 34 heavy (non-hydrogen) atoms. The highest BCUT2D eigenvalue weighted by molar-refractivity contribution is 6.30. The summed E-state index contributed by atoms with van der Waals surface area (Å²) in [6.45, 7) is 0.581. The molecule has 2 aromatic carbocycles. The van der Waals surface area contributed by atoms with Crippen molar-refractivity contribution in [2.45, 2.75) is 43.9 Å². The molecule has 2 amide bonds. The zero-order valence-corrected chi connectivity index (χ0v) is 19.8. The first-order valence-corrected chi connectivity index (χ1v) is 12.2. The smallest absolute Gasteiger partial charge is 0.226 e. The highest BCUT2D eigenvalue weighted by Crippen LogP contribution is 2.39. The molecular weight excluding hydrogens is 454 g/mol. The highest BCUT2D eigenvalue weighted by Gasteiger charge is 2.51. The maximum Gasteiger partial charge on any atom is 0.226 e. The number of carbonyl (C=O) groups is 2. The molecule has 0 aromatic heterocycles. The summed E-state index contributed by atoms with van der Waals surface area (Å²) in [5, 5.41) is 9.06. The Morgan fingerprint density at radius 3 is 2.65 bits per heavy atom. The minimum Gasteiger partial charge on any atom is -0.497 e. The van der Waals surface area contributed by atoms with Crippen LogP contribution in [0.1, 0.15) is 36.4 Å². The van der Waals surface area contributed by atoms with Crippen LogP contribution in [0.5, 0.6) is 5.75 Å². The molecule has 2 aliphatic heterocycles. The van der Waals surface area contributed by atoms with Crippen LogP contribution in [0.15, 0.2) is 48.5 Å². The second-order valence-corrected chi connectivity index (χ2v) is 9.66. The molecule has 9 heteroatoms. The van der Waals surface area contributed by atoms with Gasteiger partial charge in [-0.05, 0) is 61.1 Å². The van der Waals surface area contributed by atoms with Gasteiger partial charge >= 0.3 is 0 Å². The van der Waals surface area contributed by atoms with Crippen LogP contribution in [0.25, 0.3) is 0 Å². The van der Waals surface area contributed by atoms with Gasteiger partial charge in [-0.1, -0.05) is 35.9 Å². The lowest BCUT2D eigenvalue weighted by Crippen LogP contribution is -2.65. The lowest BCUT2D eigenvalue weighted by molar-refractivity contribution is -0.143. The molecule has 4 N–H and O–H groups in total. The van der Waals surface area contributed by atoms with E-state index in [1.54, 1.807) is 7.11 Å². The molecule has 3 aliphatic rings. The molecule has 0 radical (unpaired) electrons.